The first kappa shape index (κ1) is 13.7. The molecule has 1 aromatic carbocycles. The Kier molecular flexibility index (Phi) is 3.95. The van der Waals surface area contributed by atoms with Crippen LogP contribution in [0.4, 0.5) is 0 Å². The van der Waals surface area contributed by atoms with Gasteiger partial charge in [-0.15, -0.1) is 11.3 Å². The van der Waals surface area contributed by atoms with Crippen molar-refractivity contribution in [2.75, 3.05) is 39.3 Å². The van der Waals surface area contributed by atoms with E-state index in [1.165, 1.54) is 48.2 Å². The number of thiophene rings is 1. The number of likely N-dealkylation sites (tertiary alicyclic amines) is 1. The fourth-order valence-corrected chi connectivity index (χ4v) is 4.65. The zero-order chi connectivity index (χ0) is 14.1. The molecular formula is C17H23N3S. The Morgan fingerprint density at radius 2 is 2.00 bits per heavy atom. The molecule has 112 valence electrons. The van der Waals surface area contributed by atoms with Gasteiger partial charge in [0.25, 0.3) is 0 Å². The lowest BCUT2D eigenvalue weighted by Crippen LogP contribution is -2.49. The van der Waals surface area contributed by atoms with E-state index in [0.29, 0.717) is 0 Å². The van der Waals surface area contributed by atoms with Crippen LogP contribution in [0, 0.1) is 0 Å². The molecule has 0 radical (unpaired) electrons. The highest BCUT2D eigenvalue weighted by molar-refractivity contribution is 7.17. The molecule has 0 spiro atoms. The molecule has 3 heterocycles. The number of piperazine rings is 1. The molecule has 0 aliphatic carbocycles. The monoisotopic (exact) mass is 301 g/mol. The first-order valence-corrected chi connectivity index (χ1v) is 8.90. The molecule has 21 heavy (non-hydrogen) atoms. The second-order valence-corrected chi connectivity index (χ2v) is 7.13. The van der Waals surface area contributed by atoms with Crippen LogP contribution in [0.25, 0.3) is 10.1 Å². The number of fused-ring (bicyclic) bond motifs is 1. The molecule has 1 unspecified atom stereocenters. The van der Waals surface area contributed by atoms with Gasteiger partial charge in [-0.25, -0.2) is 0 Å². The van der Waals surface area contributed by atoms with Gasteiger partial charge in [-0.3, -0.25) is 9.80 Å². The normalized spacial score (nSPS) is 24.9. The van der Waals surface area contributed by atoms with Crippen molar-refractivity contribution >= 4 is 21.4 Å². The lowest BCUT2D eigenvalue weighted by atomic mass is 10.1. The first-order valence-electron chi connectivity index (χ1n) is 8.02. The van der Waals surface area contributed by atoms with Crippen LogP contribution in [-0.2, 0) is 6.54 Å². The van der Waals surface area contributed by atoms with Crippen molar-refractivity contribution in [3.05, 3.63) is 35.2 Å². The van der Waals surface area contributed by atoms with E-state index in [1.54, 1.807) is 0 Å². The van der Waals surface area contributed by atoms with Crippen LogP contribution in [-0.4, -0.2) is 55.1 Å². The average molecular weight is 301 g/mol. The zero-order valence-corrected chi connectivity index (χ0v) is 13.2. The Hall–Kier alpha value is -0.940. The third-order valence-electron chi connectivity index (χ3n) is 4.87. The van der Waals surface area contributed by atoms with E-state index in [-0.39, 0.29) is 0 Å². The van der Waals surface area contributed by atoms with E-state index in [0.717, 1.165) is 25.7 Å². The van der Waals surface area contributed by atoms with Crippen LogP contribution < -0.4 is 5.32 Å². The van der Waals surface area contributed by atoms with E-state index >= 15 is 0 Å². The largest absolute Gasteiger partial charge is 0.314 e. The van der Waals surface area contributed by atoms with Crippen LogP contribution in [0.2, 0.25) is 0 Å². The van der Waals surface area contributed by atoms with Gasteiger partial charge in [-0.2, -0.15) is 0 Å². The highest BCUT2D eigenvalue weighted by atomic mass is 32.1. The summed E-state index contributed by atoms with van der Waals surface area (Å²) in [4.78, 5) is 5.32. The van der Waals surface area contributed by atoms with Crippen molar-refractivity contribution in [1.29, 1.82) is 0 Å². The summed E-state index contributed by atoms with van der Waals surface area (Å²) in [5.74, 6) is 0. The average Bonchev–Trinajstić information content (AvgIpc) is 3.17. The molecule has 0 saturated carbocycles. The van der Waals surface area contributed by atoms with Crippen LogP contribution in [0.5, 0.6) is 0 Å². The minimum atomic E-state index is 0.775. The molecular weight excluding hydrogens is 278 g/mol. The van der Waals surface area contributed by atoms with Crippen molar-refractivity contribution in [2.24, 2.45) is 0 Å². The molecule has 4 heteroatoms. The second-order valence-electron chi connectivity index (χ2n) is 6.22. The molecule has 1 aromatic heterocycles. The van der Waals surface area contributed by atoms with Crippen molar-refractivity contribution < 1.29 is 0 Å². The molecule has 2 fully saturated rings. The van der Waals surface area contributed by atoms with E-state index in [4.69, 9.17) is 0 Å². The van der Waals surface area contributed by atoms with Crippen LogP contribution in [0.3, 0.4) is 0 Å². The topological polar surface area (TPSA) is 18.5 Å². The van der Waals surface area contributed by atoms with E-state index in [2.05, 4.69) is 44.8 Å². The third kappa shape index (κ3) is 2.86. The third-order valence-corrected chi connectivity index (χ3v) is 5.88. The predicted molar refractivity (Wildman–Crippen MR) is 89.9 cm³/mol. The smallest absolute Gasteiger partial charge is 0.0346 e. The quantitative estimate of drug-likeness (QED) is 0.939. The lowest BCUT2D eigenvalue weighted by Gasteiger charge is -2.32. The molecule has 3 nitrogen and oxygen atoms in total. The van der Waals surface area contributed by atoms with Crippen LogP contribution >= 0.6 is 11.3 Å². The molecule has 1 atom stereocenters. The highest BCUT2D eigenvalue weighted by Gasteiger charge is 2.28. The fraction of sp³-hybridized carbons (Fsp3) is 0.529. The molecule has 0 bridgehead atoms. The van der Waals surface area contributed by atoms with Gasteiger partial charge in [0.2, 0.25) is 0 Å². The summed E-state index contributed by atoms with van der Waals surface area (Å²) in [6.07, 6.45) is 1.34. The maximum absolute atomic E-state index is 3.45. The van der Waals surface area contributed by atoms with Gasteiger partial charge in [0.05, 0.1) is 0 Å². The number of nitrogens with one attached hydrogen (secondary N) is 1. The van der Waals surface area contributed by atoms with Gasteiger partial charge in [0.15, 0.2) is 0 Å². The summed E-state index contributed by atoms with van der Waals surface area (Å²) in [7, 11) is 0. The summed E-state index contributed by atoms with van der Waals surface area (Å²) in [6, 6.07) is 9.57. The Morgan fingerprint density at radius 1 is 1.14 bits per heavy atom. The summed E-state index contributed by atoms with van der Waals surface area (Å²) in [6.45, 7) is 8.37. The van der Waals surface area contributed by atoms with E-state index in [9.17, 15) is 0 Å². The molecule has 0 amide bonds. The molecule has 1 N–H and O–H groups in total. The standard InChI is InChI=1S/C17H23N3S/c1-2-4-17-16(3-1)14(13-21-17)11-19-8-5-15(12-19)20-9-6-18-7-10-20/h1-4,13,15,18H,5-12H2. The Balaban J connectivity index is 1.42. The molecule has 4 rings (SSSR count). The van der Waals surface area contributed by atoms with Gasteiger partial charge < -0.3 is 5.32 Å². The maximum Gasteiger partial charge on any atom is 0.0346 e. The van der Waals surface area contributed by atoms with Gasteiger partial charge in [-0.1, -0.05) is 18.2 Å². The fourth-order valence-electron chi connectivity index (χ4n) is 3.70. The zero-order valence-electron chi connectivity index (χ0n) is 12.4. The van der Waals surface area contributed by atoms with Gasteiger partial charge >= 0.3 is 0 Å². The maximum atomic E-state index is 3.45. The molecule has 2 saturated heterocycles. The number of hydrogen-bond donors (Lipinski definition) is 1. The SMILES string of the molecule is c1ccc2c(CN3CCC(N4CCNCC4)C3)csc2c1. The van der Waals surface area contributed by atoms with Gasteiger partial charge in [0.1, 0.15) is 0 Å². The Bertz CT molecular complexity index is 603. The minimum absolute atomic E-state index is 0.775. The minimum Gasteiger partial charge on any atom is -0.314 e. The summed E-state index contributed by atoms with van der Waals surface area (Å²) in [5, 5.41) is 7.25. The summed E-state index contributed by atoms with van der Waals surface area (Å²) < 4.78 is 1.42. The van der Waals surface area contributed by atoms with Crippen molar-refractivity contribution in [2.45, 2.75) is 19.0 Å². The van der Waals surface area contributed by atoms with E-state index in [1.807, 2.05) is 11.3 Å². The second kappa shape index (κ2) is 6.05. The number of nitrogens with zero attached hydrogens (tertiary/aromatic N) is 2. The first-order chi connectivity index (χ1) is 10.4. The Labute approximate surface area is 130 Å². The number of hydrogen-bond acceptors (Lipinski definition) is 4. The molecule has 2 aliphatic heterocycles. The molecule has 2 aliphatic rings. The number of benzene rings is 1. The number of rotatable bonds is 3. The van der Waals surface area contributed by atoms with E-state index < -0.39 is 0 Å². The van der Waals surface area contributed by atoms with Gasteiger partial charge in [-0.05, 0) is 28.8 Å². The predicted octanol–water partition coefficient (Wildman–Crippen LogP) is 2.38. The molecule has 2 aromatic rings. The van der Waals surface area contributed by atoms with Crippen LogP contribution in [0.1, 0.15) is 12.0 Å². The summed E-state index contributed by atoms with van der Waals surface area (Å²) in [5.41, 5.74) is 1.51. The Morgan fingerprint density at radius 3 is 2.90 bits per heavy atom. The van der Waals surface area contributed by atoms with Crippen LogP contribution in [0.15, 0.2) is 29.6 Å². The summed E-state index contributed by atoms with van der Waals surface area (Å²) >= 11 is 1.88. The van der Waals surface area contributed by atoms with Crippen molar-refractivity contribution in [3.8, 4) is 0 Å². The van der Waals surface area contributed by atoms with Gasteiger partial charge in [0, 0.05) is 56.6 Å². The van der Waals surface area contributed by atoms with Crippen molar-refractivity contribution in [3.63, 3.8) is 0 Å². The lowest BCUT2D eigenvalue weighted by molar-refractivity contribution is 0.170. The van der Waals surface area contributed by atoms with Crippen molar-refractivity contribution in [1.82, 2.24) is 15.1 Å². The highest BCUT2D eigenvalue weighted by Crippen LogP contribution is 2.28.